The predicted octanol–water partition coefficient (Wildman–Crippen LogP) is 13.6. The van der Waals surface area contributed by atoms with Crippen LogP contribution < -0.4 is 5.32 Å². The van der Waals surface area contributed by atoms with Crippen LogP contribution in [0.15, 0.2) is 0 Å². The van der Waals surface area contributed by atoms with E-state index in [0.29, 0.717) is 6.42 Å². The van der Waals surface area contributed by atoms with E-state index in [1.807, 2.05) is 0 Å². The van der Waals surface area contributed by atoms with Crippen molar-refractivity contribution >= 4 is 5.91 Å². The van der Waals surface area contributed by atoms with Gasteiger partial charge in [0.25, 0.3) is 0 Å². The van der Waals surface area contributed by atoms with E-state index >= 15 is 0 Å². The molecular formula is C58H115NO9. The van der Waals surface area contributed by atoms with Gasteiger partial charge in [0.15, 0.2) is 6.29 Å². The summed E-state index contributed by atoms with van der Waals surface area (Å²) < 4.78 is 11.2. The van der Waals surface area contributed by atoms with Crippen molar-refractivity contribution < 1.29 is 44.9 Å². The number of ether oxygens (including phenoxy) is 2. The second-order valence-corrected chi connectivity index (χ2v) is 21.3. The van der Waals surface area contributed by atoms with E-state index in [4.69, 9.17) is 9.47 Å². The molecule has 406 valence electrons. The van der Waals surface area contributed by atoms with E-state index in [-0.39, 0.29) is 18.9 Å². The van der Waals surface area contributed by atoms with Crippen molar-refractivity contribution in [3.8, 4) is 0 Å². The number of rotatable bonds is 52. The zero-order valence-corrected chi connectivity index (χ0v) is 44.8. The maximum absolute atomic E-state index is 13.1. The Morgan fingerprint density at radius 3 is 1.09 bits per heavy atom. The van der Waals surface area contributed by atoms with Gasteiger partial charge in [0.05, 0.1) is 25.4 Å². The highest BCUT2D eigenvalue weighted by Crippen LogP contribution is 2.24. The first-order valence-corrected chi connectivity index (χ1v) is 29.8. The highest BCUT2D eigenvalue weighted by molar-refractivity contribution is 5.76. The standard InChI is InChI=1S/C58H115NO9/c1-3-5-7-9-11-13-15-17-18-19-20-21-22-23-24-25-26-27-28-29-30-31-32-33-35-37-39-41-43-45-47-53(62)59-50(49-67-58-57(66)56(65)55(64)52(48-60)68-58)54(63)51(61)46-44-42-40-38-36-34-16-14-12-10-8-6-4-2/h50-52,54-58,60-61,63-66H,3-49H2,1-2H3,(H,59,62)/t50-,51+,52+,54-,55+,56?,57?,58+/m0/s1. The third-order valence-electron chi connectivity index (χ3n) is 14.8. The zero-order chi connectivity index (χ0) is 49.6. The van der Waals surface area contributed by atoms with Crippen LogP contribution in [0.3, 0.4) is 0 Å². The van der Waals surface area contributed by atoms with Gasteiger partial charge in [0, 0.05) is 6.42 Å². The second-order valence-electron chi connectivity index (χ2n) is 21.3. The quantitative estimate of drug-likeness (QED) is 0.0293. The Morgan fingerprint density at radius 2 is 0.765 bits per heavy atom. The lowest BCUT2D eigenvalue weighted by Gasteiger charge is -2.40. The Balaban J connectivity index is 2.15. The Labute approximate surface area is 419 Å². The highest BCUT2D eigenvalue weighted by Gasteiger charge is 2.44. The number of unbranched alkanes of at least 4 members (excludes halogenated alkanes) is 41. The number of aliphatic hydroxyl groups is 6. The largest absolute Gasteiger partial charge is 0.394 e. The molecule has 0 aromatic carbocycles. The summed E-state index contributed by atoms with van der Waals surface area (Å²) in [6.45, 7) is 3.65. The van der Waals surface area contributed by atoms with Gasteiger partial charge in [-0.05, 0) is 12.8 Å². The molecule has 1 fully saturated rings. The van der Waals surface area contributed by atoms with Crippen molar-refractivity contribution in [3.05, 3.63) is 0 Å². The molecule has 1 aliphatic rings. The SMILES string of the molecule is CCCCCCCCCCCCCCCCCCCCCCCCCCCCCCCCC(=O)N[C@@H](CO[C@@H]1O[C@H](CO)[C@@H](O)C(O)C1O)[C@H](O)[C@H](O)CCCCCCCCCCCCCCC. The molecule has 1 amide bonds. The first-order valence-electron chi connectivity index (χ1n) is 29.8. The van der Waals surface area contributed by atoms with Crippen LogP contribution in [-0.2, 0) is 14.3 Å². The van der Waals surface area contributed by atoms with Gasteiger partial charge in [0.1, 0.15) is 30.5 Å². The maximum Gasteiger partial charge on any atom is 0.220 e. The molecule has 7 N–H and O–H groups in total. The van der Waals surface area contributed by atoms with Gasteiger partial charge in [-0.2, -0.15) is 0 Å². The fraction of sp³-hybridized carbons (Fsp3) is 0.983. The summed E-state index contributed by atoms with van der Waals surface area (Å²) in [5, 5.41) is 65.5. The third kappa shape index (κ3) is 37.0. The van der Waals surface area contributed by atoms with Crippen molar-refractivity contribution in [1.29, 1.82) is 0 Å². The highest BCUT2D eigenvalue weighted by atomic mass is 16.7. The van der Waals surface area contributed by atoms with Crippen LogP contribution in [0.5, 0.6) is 0 Å². The third-order valence-corrected chi connectivity index (χ3v) is 14.8. The maximum atomic E-state index is 13.1. The van der Waals surface area contributed by atoms with Crippen molar-refractivity contribution in [3.63, 3.8) is 0 Å². The van der Waals surface area contributed by atoms with Crippen molar-refractivity contribution in [2.75, 3.05) is 13.2 Å². The van der Waals surface area contributed by atoms with Crippen molar-refractivity contribution in [2.45, 2.75) is 352 Å². The number of hydrogen-bond acceptors (Lipinski definition) is 9. The molecule has 0 aromatic heterocycles. The van der Waals surface area contributed by atoms with Crippen molar-refractivity contribution in [2.24, 2.45) is 0 Å². The summed E-state index contributed by atoms with van der Waals surface area (Å²) >= 11 is 0. The van der Waals surface area contributed by atoms with E-state index in [1.54, 1.807) is 0 Å². The van der Waals surface area contributed by atoms with Crippen LogP contribution in [-0.4, -0.2) is 98.7 Å². The van der Waals surface area contributed by atoms with Gasteiger partial charge in [-0.15, -0.1) is 0 Å². The number of amides is 1. The molecule has 0 aliphatic carbocycles. The smallest absolute Gasteiger partial charge is 0.220 e. The molecule has 68 heavy (non-hydrogen) atoms. The lowest BCUT2D eigenvalue weighted by Crippen LogP contribution is -2.60. The molecule has 0 spiro atoms. The fourth-order valence-electron chi connectivity index (χ4n) is 10.0. The lowest BCUT2D eigenvalue weighted by atomic mass is 9.98. The molecule has 1 rings (SSSR count). The summed E-state index contributed by atoms with van der Waals surface area (Å²) in [6, 6.07) is -0.986. The Morgan fingerprint density at radius 1 is 0.456 bits per heavy atom. The number of hydrogen-bond donors (Lipinski definition) is 7. The normalized spacial score (nSPS) is 19.9. The monoisotopic (exact) mass is 970 g/mol. The topological polar surface area (TPSA) is 169 Å². The van der Waals surface area contributed by atoms with Gasteiger partial charge >= 0.3 is 0 Å². The fourth-order valence-corrected chi connectivity index (χ4v) is 10.0. The average Bonchev–Trinajstić information content (AvgIpc) is 3.34. The summed E-state index contributed by atoms with van der Waals surface area (Å²) in [5.41, 5.74) is 0. The molecule has 1 saturated heterocycles. The molecule has 0 bridgehead atoms. The van der Waals surface area contributed by atoms with E-state index < -0.39 is 55.6 Å². The van der Waals surface area contributed by atoms with E-state index in [0.717, 1.165) is 38.5 Å². The average molecular weight is 971 g/mol. The van der Waals surface area contributed by atoms with E-state index in [2.05, 4.69) is 19.2 Å². The molecular weight excluding hydrogens is 855 g/mol. The van der Waals surface area contributed by atoms with Gasteiger partial charge in [-0.3, -0.25) is 4.79 Å². The van der Waals surface area contributed by atoms with Crippen molar-refractivity contribution in [1.82, 2.24) is 5.32 Å². The summed E-state index contributed by atoms with van der Waals surface area (Å²) in [5.74, 6) is -0.250. The van der Waals surface area contributed by atoms with Gasteiger partial charge in [-0.1, -0.05) is 284 Å². The predicted molar refractivity (Wildman–Crippen MR) is 283 cm³/mol. The molecule has 8 atom stereocenters. The minimum absolute atomic E-state index is 0.250. The Hall–Kier alpha value is -0.850. The van der Waals surface area contributed by atoms with Crippen LogP contribution in [0.25, 0.3) is 0 Å². The Bertz CT molecular complexity index is 1050. The zero-order valence-electron chi connectivity index (χ0n) is 44.8. The van der Waals surface area contributed by atoms with E-state index in [9.17, 15) is 35.4 Å². The number of aliphatic hydroxyl groups excluding tert-OH is 6. The lowest BCUT2D eigenvalue weighted by molar-refractivity contribution is -0.303. The van der Waals surface area contributed by atoms with Gasteiger partial charge in [0.2, 0.25) is 5.91 Å². The second kappa shape index (κ2) is 48.4. The Kier molecular flexibility index (Phi) is 46.4. The van der Waals surface area contributed by atoms with Crippen LogP contribution >= 0.6 is 0 Å². The van der Waals surface area contributed by atoms with Crippen LogP contribution in [0, 0.1) is 0 Å². The van der Waals surface area contributed by atoms with Gasteiger partial charge in [-0.25, -0.2) is 0 Å². The summed E-state index contributed by atoms with van der Waals surface area (Å²) in [6.07, 6.45) is 47.2. The van der Waals surface area contributed by atoms with Crippen LogP contribution in [0.1, 0.15) is 303 Å². The molecule has 0 aromatic rings. The molecule has 0 saturated carbocycles. The molecule has 0 radical (unpaired) electrons. The molecule has 1 aliphatic heterocycles. The van der Waals surface area contributed by atoms with Crippen LogP contribution in [0.4, 0.5) is 0 Å². The minimum Gasteiger partial charge on any atom is -0.394 e. The van der Waals surface area contributed by atoms with Gasteiger partial charge < -0.3 is 45.4 Å². The molecule has 10 nitrogen and oxygen atoms in total. The number of carbonyl (C=O) groups excluding carboxylic acids is 1. The van der Waals surface area contributed by atoms with Crippen LogP contribution in [0.2, 0.25) is 0 Å². The number of nitrogens with one attached hydrogen (secondary N) is 1. The first kappa shape index (κ1) is 65.2. The first-order chi connectivity index (χ1) is 33.3. The molecule has 2 unspecified atom stereocenters. The number of carbonyl (C=O) groups is 1. The minimum atomic E-state index is -1.60. The van der Waals surface area contributed by atoms with E-state index in [1.165, 1.54) is 238 Å². The molecule has 10 heteroatoms. The molecule has 1 heterocycles. The summed E-state index contributed by atoms with van der Waals surface area (Å²) in [4.78, 5) is 13.1. The summed E-state index contributed by atoms with van der Waals surface area (Å²) in [7, 11) is 0.